The number of nitrogens with one attached hydrogen (secondary N) is 3. The second kappa shape index (κ2) is 11.2. The van der Waals surface area contributed by atoms with E-state index < -0.39 is 5.92 Å². The van der Waals surface area contributed by atoms with Gasteiger partial charge in [-0.15, -0.1) is 0 Å². The molecule has 0 aliphatic carbocycles. The van der Waals surface area contributed by atoms with Crippen LogP contribution in [0, 0.1) is 32.1 Å². The molecular weight excluding hydrogens is 484 g/mol. The number of furan rings is 1. The van der Waals surface area contributed by atoms with E-state index in [0.717, 1.165) is 22.4 Å². The summed E-state index contributed by atoms with van der Waals surface area (Å²) in [5.74, 6) is -0.671. The van der Waals surface area contributed by atoms with Gasteiger partial charge in [0.15, 0.2) is 0 Å². The minimum absolute atomic E-state index is 0.0872. The molecule has 0 saturated heterocycles. The molecule has 3 N–H and O–H groups in total. The van der Waals surface area contributed by atoms with Crippen molar-refractivity contribution in [2.45, 2.75) is 33.6 Å². The zero-order valence-corrected chi connectivity index (χ0v) is 22.0. The molecular formula is C29H28N4O3S. The third-order valence-corrected chi connectivity index (χ3v) is 7.24. The standard InChI is InChI=1S/C29H28N4O3S/c1-17-8-5-10-21(14-17)32-28(35)26-20(4)31-29(22(15-30)27(26)24-12-7-13-36-24)37-16-25(34)33-23-11-6-9-18(2)19(23)3/h5-14,27,31H,16H2,1-4H3,(H,32,35)(H,33,34). The molecule has 1 atom stereocenters. The minimum atomic E-state index is -0.712. The topological polar surface area (TPSA) is 107 Å². The van der Waals surface area contributed by atoms with E-state index in [1.807, 2.05) is 63.2 Å². The van der Waals surface area contributed by atoms with E-state index >= 15 is 0 Å². The molecule has 1 aliphatic heterocycles. The summed E-state index contributed by atoms with van der Waals surface area (Å²) in [6.07, 6.45) is 1.52. The average molecular weight is 513 g/mol. The van der Waals surface area contributed by atoms with Crippen LogP contribution in [0.15, 0.2) is 87.1 Å². The number of hydrogen-bond acceptors (Lipinski definition) is 6. The van der Waals surface area contributed by atoms with E-state index in [-0.39, 0.29) is 17.6 Å². The Balaban J connectivity index is 1.59. The maximum Gasteiger partial charge on any atom is 0.254 e. The summed E-state index contributed by atoms with van der Waals surface area (Å²) in [4.78, 5) is 26.2. The summed E-state index contributed by atoms with van der Waals surface area (Å²) in [6, 6.07) is 19.0. The zero-order valence-electron chi connectivity index (χ0n) is 21.1. The van der Waals surface area contributed by atoms with Gasteiger partial charge in [-0.05, 0) is 74.7 Å². The predicted molar refractivity (Wildman–Crippen MR) is 147 cm³/mol. The number of anilines is 2. The van der Waals surface area contributed by atoms with Gasteiger partial charge in [0.2, 0.25) is 5.91 Å². The maximum atomic E-state index is 13.4. The van der Waals surface area contributed by atoms with E-state index in [2.05, 4.69) is 22.0 Å². The molecule has 0 bridgehead atoms. The largest absolute Gasteiger partial charge is 0.468 e. The van der Waals surface area contributed by atoms with Crippen LogP contribution in [0.5, 0.6) is 0 Å². The summed E-state index contributed by atoms with van der Waals surface area (Å²) in [5.41, 5.74) is 5.83. The van der Waals surface area contributed by atoms with Gasteiger partial charge in [0.05, 0.1) is 40.2 Å². The summed E-state index contributed by atoms with van der Waals surface area (Å²) >= 11 is 1.22. The summed E-state index contributed by atoms with van der Waals surface area (Å²) in [7, 11) is 0. The maximum absolute atomic E-state index is 13.4. The highest BCUT2D eigenvalue weighted by Crippen LogP contribution is 2.41. The molecule has 0 fully saturated rings. The van der Waals surface area contributed by atoms with Crippen molar-refractivity contribution in [3.8, 4) is 6.07 Å². The van der Waals surface area contributed by atoms with Crippen molar-refractivity contribution < 1.29 is 14.0 Å². The number of dihydropyridines is 1. The number of nitrogens with zero attached hydrogens (tertiary/aromatic N) is 1. The molecule has 1 unspecified atom stereocenters. The first-order valence-electron chi connectivity index (χ1n) is 11.8. The van der Waals surface area contributed by atoms with E-state index in [4.69, 9.17) is 4.42 Å². The lowest BCUT2D eigenvalue weighted by molar-refractivity contribution is -0.114. The van der Waals surface area contributed by atoms with Gasteiger partial charge in [0.1, 0.15) is 5.76 Å². The third kappa shape index (κ3) is 5.79. The lowest BCUT2D eigenvalue weighted by atomic mass is 9.85. The molecule has 188 valence electrons. The number of carbonyl (C=O) groups is 2. The van der Waals surface area contributed by atoms with Crippen LogP contribution in [0.25, 0.3) is 0 Å². The normalized spacial score (nSPS) is 15.2. The molecule has 0 radical (unpaired) electrons. The summed E-state index contributed by atoms with van der Waals surface area (Å²) < 4.78 is 5.66. The van der Waals surface area contributed by atoms with Crippen LogP contribution in [0.2, 0.25) is 0 Å². The van der Waals surface area contributed by atoms with Gasteiger partial charge in [-0.3, -0.25) is 9.59 Å². The third-order valence-electron chi connectivity index (χ3n) is 6.22. The van der Waals surface area contributed by atoms with Gasteiger partial charge in [-0.25, -0.2) is 0 Å². The molecule has 0 spiro atoms. The first kappa shape index (κ1) is 25.9. The van der Waals surface area contributed by atoms with E-state index in [9.17, 15) is 14.9 Å². The highest BCUT2D eigenvalue weighted by atomic mass is 32.2. The van der Waals surface area contributed by atoms with Gasteiger partial charge in [-0.1, -0.05) is 36.0 Å². The highest BCUT2D eigenvalue weighted by Gasteiger charge is 2.36. The second-order valence-corrected chi connectivity index (χ2v) is 9.86. The van der Waals surface area contributed by atoms with E-state index in [1.54, 1.807) is 19.1 Å². The number of amides is 2. The van der Waals surface area contributed by atoms with Crippen LogP contribution in [-0.2, 0) is 9.59 Å². The minimum Gasteiger partial charge on any atom is -0.468 e. The van der Waals surface area contributed by atoms with Crippen LogP contribution >= 0.6 is 11.8 Å². The number of thioether (sulfide) groups is 1. The Morgan fingerprint density at radius 2 is 1.84 bits per heavy atom. The Labute approximate surface area is 220 Å². The first-order valence-corrected chi connectivity index (χ1v) is 12.8. The van der Waals surface area contributed by atoms with Crippen molar-refractivity contribution in [1.82, 2.24) is 5.32 Å². The average Bonchev–Trinajstić information content (AvgIpc) is 3.39. The number of carbonyl (C=O) groups excluding carboxylic acids is 2. The molecule has 8 heteroatoms. The van der Waals surface area contributed by atoms with Crippen molar-refractivity contribution in [2.24, 2.45) is 0 Å². The van der Waals surface area contributed by atoms with Crippen LogP contribution in [0.4, 0.5) is 11.4 Å². The summed E-state index contributed by atoms with van der Waals surface area (Å²) in [6.45, 7) is 7.69. The monoisotopic (exact) mass is 512 g/mol. The lowest BCUT2D eigenvalue weighted by Gasteiger charge is -2.28. The fraction of sp³-hybridized carbons (Fsp3) is 0.207. The quantitative estimate of drug-likeness (QED) is 0.363. The SMILES string of the molecule is CC1=C(C(=O)Nc2cccc(C)c2)C(c2ccco2)C(C#N)=C(SCC(=O)Nc2cccc(C)c2C)N1. The van der Waals surface area contributed by atoms with Crippen molar-refractivity contribution in [1.29, 1.82) is 5.26 Å². The molecule has 2 heterocycles. The lowest BCUT2D eigenvalue weighted by Crippen LogP contribution is -2.31. The van der Waals surface area contributed by atoms with Gasteiger partial charge in [0, 0.05) is 17.1 Å². The van der Waals surface area contributed by atoms with Crippen LogP contribution in [0.3, 0.4) is 0 Å². The molecule has 1 aromatic heterocycles. The van der Waals surface area contributed by atoms with Gasteiger partial charge < -0.3 is 20.4 Å². The Kier molecular flexibility index (Phi) is 7.85. The number of hydrogen-bond donors (Lipinski definition) is 3. The number of rotatable bonds is 7. The highest BCUT2D eigenvalue weighted by molar-refractivity contribution is 8.03. The van der Waals surface area contributed by atoms with Crippen LogP contribution in [-0.4, -0.2) is 17.6 Å². The molecule has 1 aliphatic rings. The van der Waals surface area contributed by atoms with Crippen molar-refractivity contribution in [3.63, 3.8) is 0 Å². The molecule has 3 aromatic rings. The molecule has 0 saturated carbocycles. The van der Waals surface area contributed by atoms with Crippen LogP contribution < -0.4 is 16.0 Å². The number of allylic oxidation sites excluding steroid dienone is 2. The fourth-order valence-corrected chi connectivity index (χ4v) is 5.09. The Morgan fingerprint density at radius 1 is 1.05 bits per heavy atom. The van der Waals surface area contributed by atoms with Gasteiger partial charge in [0.25, 0.3) is 5.91 Å². The molecule has 2 aromatic carbocycles. The van der Waals surface area contributed by atoms with Gasteiger partial charge in [-0.2, -0.15) is 5.26 Å². The van der Waals surface area contributed by atoms with Crippen molar-refractivity contribution in [3.05, 3.63) is 105 Å². The Morgan fingerprint density at radius 3 is 2.54 bits per heavy atom. The fourth-order valence-electron chi connectivity index (χ4n) is 4.20. The van der Waals surface area contributed by atoms with E-state index in [1.165, 1.54) is 18.0 Å². The molecule has 7 nitrogen and oxygen atoms in total. The van der Waals surface area contributed by atoms with Crippen molar-refractivity contribution in [2.75, 3.05) is 16.4 Å². The zero-order chi connectivity index (χ0) is 26.5. The molecule has 4 rings (SSSR count). The second-order valence-electron chi connectivity index (χ2n) is 8.87. The smallest absolute Gasteiger partial charge is 0.254 e. The number of benzene rings is 2. The first-order chi connectivity index (χ1) is 17.8. The van der Waals surface area contributed by atoms with Gasteiger partial charge >= 0.3 is 0 Å². The predicted octanol–water partition coefficient (Wildman–Crippen LogP) is 5.91. The summed E-state index contributed by atoms with van der Waals surface area (Å²) in [5, 5.41) is 19.7. The molecule has 2 amide bonds. The van der Waals surface area contributed by atoms with E-state index in [0.29, 0.717) is 33.3 Å². The Hall–Kier alpha value is -4.22. The Bertz CT molecular complexity index is 1450. The number of nitriles is 1. The van der Waals surface area contributed by atoms with Crippen LogP contribution in [0.1, 0.15) is 35.3 Å². The number of aryl methyl sites for hydroxylation is 2. The van der Waals surface area contributed by atoms with Crippen molar-refractivity contribution >= 4 is 35.0 Å². The molecule has 37 heavy (non-hydrogen) atoms.